The normalized spacial score (nSPS) is 11.7. The zero-order valence-corrected chi connectivity index (χ0v) is 18.1. The van der Waals surface area contributed by atoms with Gasteiger partial charge in [-0.1, -0.05) is 0 Å². The van der Waals surface area contributed by atoms with Gasteiger partial charge in [0.05, 0.1) is 30.5 Å². The van der Waals surface area contributed by atoms with Gasteiger partial charge in [-0.3, -0.25) is 4.79 Å². The predicted molar refractivity (Wildman–Crippen MR) is 107 cm³/mol. The van der Waals surface area contributed by atoms with Crippen molar-refractivity contribution in [1.82, 2.24) is 9.97 Å². The van der Waals surface area contributed by atoms with Gasteiger partial charge in [-0.2, -0.15) is 0 Å². The Kier molecular flexibility index (Phi) is 6.86. The van der Waals surface area contributed by atoms with E-state index in [1.165, 1.54) is 14.0 Å². The molecule has 2 aromatic rings. The Morgan fingerprint density at radius 2 is 1.33 bits per heavy atom. The molecule has 0 spiro atoms. The number of hydrogen-bond donors (Lipinski definition) is 2. The molecule has 0 unspecified atom stereocenters. The van der Waals surface area contributed by atoms with Gasteiger partial charge in [-0.25, -0.2) is 14.4 Å². The molecule has 1 atom stereocenters. The van der Waals surface area contributed by atoms with Crippen molar-refractivity contribution in [3.8, 4) is 0 Å². The van der Waals surface area contributed by atoms with Crippen LogP contribution in [-0.2, 0) is 14.2 Å². The van der Waals surface area contributed by atoms with E-state index >= 15 is 0 Å². The Labute approximate surface area is 174 Å². The van der Waals surface area contributed by atoms with Crippen molar-refractivity contribution >= 4 is 23.7 Å². The number of esters is 3. The molecule has 30 heavy (non-hydrogen) atoms. The zero-order valence-electron chi connectivity index (χ0n) is 18.1. The number of ketones is 1. The Morgan fingerprint density at radius 3 is 1.87 bits per heavy atom. The number of hydrogen-bond acceptors (Lipinski definition) is 7. The first-order valence-corrected chi connectivity index (χ1v) is 9.43. The molecule has 0 amide bonds. The molecule has 2 N–H and O–H groups in total. The van der Waals surface area contributed by atoms with Crippen LogP contribution in [0.4, 0.5) is 0 Å². The first-order chi connectivity index (χ1) is 14.0. The fourth-order valence-electron chi connectivity index (χ4n) is 3.34. The van der Waals surface area contributed by atoms with Gasteiger partial charge < -0.3 is 24.2 Å². The molecule has 162 valence electrons. The highest BCUT2D eigenvalue weighted by molar-refractivity contribution is 6.05. The number of Topliss-reactive ketones (excluding diaryl/α,β-unsaturated/α-hetero) is 1. The summed E-state index contributed by atoms with van der Waals surface area (Å²) in [5, 5.41) is 0. The number of ether oxygens (including phenoxy) is 3. The van der Waals surface area contributed by atoms with Crippen LogP contribution in [0.2, 0.25) is 0 Å². The second-order valence-electron chi connectivity index (χ2n) is 6.87. The number of aryl methyl sites for hydroxylation is 2. The molecular formula is C21H26N2O7. The zero-order chi connectivity index (χ0) is 22.7. The lowest BCUT2D eigenvalue weighted by Crippen LogP contribution is -2.26. The quantitative estimate of drug-likeness (QED) is 0.402. The van der Waals surface area contributed by atoms with Gasteiger partial charge in [-0.15, -0.1) is 0 Å². The molecule has 2 rings (SSSR count). The number of methoxy groups -OCH3 is 1. The summed E-state index contributed by atoms with van der Waals surface area (Å²) in [5.74, 6) is -2.37. The van der Waals surface area contributed by atoms with E-state index in [1.807, 2.05) is 0 Å². The molecule has 0 saturated carbocycles. The minimum Gasteiger partial charge on any atom is -0.465 e. The number of nitrogens with one attached hydrogen (secondary N) is 2. The molecule has 0 aromatic carbocycles. The summed E-state index contributed by atoms with van der Waals surface area (Å²) in [6.07, 6.45) is -1.13. The molecular weight excluding hydrogens is 392 g/mol. The van der Waals surface area contributed by atoms with E-state index in [4.69, 9.17) is 14.2 Å². The third-order valence-corrected chi connectivity index (χ3v) is 4.85. The molecule has 0 aliphatic carbocycles. The smallest absolute Gasteiger partial charge is 0.355 e. The van der Waals surface area contributed by atoms with Gasteiger partial charge in [0, 0.05) is 11.4 Å². The molecule has 2 aromatic heterocycles. The average molecular weight is 418 g/mol. The second kappa shape index (κ2) is 8.98. The first kappa shape index (κ1) is 22.9. The Hall–Kier alpha value is -3.36. The van der Waals surface area contributed by atoms with E-state index in [1.54, 1.807) is 34.6 Å². The first-order valence-electron chi connectivity index (χ1n) is 9.43. The van der Waals surface area contributed by atoms with Gasteiger partial charge in [0.1, 0.15) is 5.69 Å². The third kappa shape index (κ3) is 4.14. The van der Waals surface area contributed by atoms with Crippen molar-refractivity contribution in [3.63, 3.8) is 0 Å². The third-order valence-electron chi connectivity index (χ3n) is 4.85. The van der Waals surface area contributed by atoms with Crippen LogP contribution < -0.4 is 0 Å². The monoisotopic (exact) mass is 418 g/mol. The summed E-state index contributed by atoms with van der Waals surface area (Å²) in [6.45, 7) is 9.81. The maximum atomic E-state index is 12.8. The lowest BCUT2D eigenvalue weighted by Gasteiger charge is -2.13. The summed E-state index contributed by atoms with van der Waals surface area (Å²) >= 11 is 0. The minimum absolute atomic E-state index is 0.166. The fourth-order valence-corrected chi connectivity index (χ4v) is 3.34. The van der Waals surface area contributed by atoms with Gasteiger partial charge >= 0.3 is 17.9 Å². The Balaban J connectivity index is 2.26. The number of H-pyrrole nitrogens is 2. The maximum absolute atomic E-state index is 12.8. The highest BCUT2D eigenvalue weighted by Crippen LogP contribution is 2.23. The molecule has 0 bridgehead atoms. The number of aromatic nitrogens is 2. The number of rotatable bonds is 7. The largest absolute Gasteiger partial charge is 0.465 e. The van der Waals surface area contributed by atoms with Crippen LogP contribution in [0.3, 0.4) is 0 Å². The summed E-state index contributed by atoms with van der Waals surface area (Å²) in [6, 6.07) is 0. The van der Waals surface area contributed by atoms with Crippen molar-refractivity contribution in [2.24, 2.45) is 0 Å². The highest BCUT2D eigenvalue weighted by Gasteiger charge is 2.30. The van der Waals surface area contributed by atoms with Gasteiger partial charge in [0.15, 0.2) is 6.10 Å². The van der Waals surface area contributed by atoms with Crippen LogP contribution in [0.25, 0.3) is 0 Å². The summed E-state index contributed by atoms with van der Waals surface area (Å²) in [4.78, 5) is 55.2. The molecule has 9 heteroatoms. The van der Waals surface area contributed by atoms with Gasteiger partial charge in [0.25, 0.3) is 0 Å². The van der Waals surface area contributed by atoms with Crippen LogP contribution >= 0.6 is 0 Å². The molecule has 2 heterocycles. The van der Waals surface area contributed by atoms with E-state index in [0.717, 1.165) is 0 Å². The van der Waals surface area contributed by atoms with Crippen LogP contribution in [0, 0.1) is 27.7 Å². The second-order valence-corrected chi connectivity index (χ2v) is 6.87. The van der Waals surface area contributed by atoms with E-state index in [-0.39, 0.29) is 29.1 Å². The molecule has 9 nitrogen and oxygen atoms in total. The van der Waals surface area contributed by atoms with Crippen molar-refractivity contribution in [2.75, 3.05) is 13.7 Å². The van der Waals surface area contributed by atoms with E-state index in [2.05, 4.69) is 9.97 Å². The van der Waals surface area contributed by atoms with Crippen molar-refractivity contribution in [3.05, 3.63) is 45.0 Å². The van der Waals surface area contributed by atoms with E-state index in [9.17, 15) is 19.2 Å². The highest BCUT2D eigenvalue weighted by atomic mass is 16.5. The number of carbonyl (C=O) groups excluding carboxylic acids is 4. The van der Waals surface area contributed by atoms with Crippen LogP contribution in [0.15, 0.2) is 0 Å². The lowest BCUT2D eigenvalue weighted by molar-refractivity contribution is 0.0315. The standard InChI is InChI=1S/C21H26N2O7/c1-8-29-21(27)17-10(3)15(12(5)23-17)20(26)30-13(6)18(24)16-9(2)14(11(4)22-16)19(25)28-7/h13,22-23H,8H2,1-7H3/t13-/m0/s1. The van der Waals surface area contributed by atoms with Crippen LogP contribution in [-0.4, -0.2) is 53.5 Å². The lowest BCUT2D eigenvalue weighted by atomic mass is 10.1. The Bertz CT molecular complexity index is 1010. The van der Waals surface area contributed by atoms with Crippen molar-refractivity contribution in [1.29, 1.82) is 0 Å². The van der Waals surface area contributed by atoms with Crippen molar-refractivity contribution in [2.45, 2.75) is 47.6 Å². The molecule has 0 saturated heterocycles. The number of carbonyl (C=O) groups is 4. The van der Waals surface area contributed by atoms with E-state index in [0.29, 0.717) is 22.5 Å². The molecule has 0 fully saturated rings. The number of aromatic amines is 2. The fraction of sp³-hybridized carbons (Fsp3) is 0.429. The van der Waals surface area contributed by atoms with Crippen molar-refractivity contribution < 1.29 is 33.4 Å². The summed E-state index contributed by atoms with van der Waals surface area (Å²) < 4.78 is 15.1. The maximum Gasteiger partial charge on any atom is 0.355 e. The Morgan fingerprint density at radius 1 is 0.833 bits per heavy atom. The predicted octanol–water partition coefficient (Wildman–Crippen LogP) is 2.97. The molecule has 0 radical (unpaired) electrons. The SMILES string of the molecule is CCOC(=O)c1[nH]c(C)c(C(=O)O[C@@H](C)C(=O)c2[nH]c(C)c(C(=O)OC)c2C)c1C. The van der Waals surface area contributed by atoms with Crippen LogP contribution in [0.1, 0.15) is 78.1 Å². The molecule has 0 aliphatic heterocycles. The van der Waals surface area contributed by atoms with Gasteiger partial charge in [-0.05, 0) is 52.7 Å². The topological polar surface area (TPSA) is 128 Å². The van der Waals surface area contributed by atoms with Gasteiger partial charge in [0.2, 0.25) is 5.78 Å². The van der Waals surface area contributed by atoms with E-state index < -0.39 is 29.8 Å². The minimum atomic E-state index is -1.13. The molecule has 0 aliphatic rings. The summed E-state index contributed by atoms with van der Waals surface area (Å²) in [7, 11) is 1.26. The average Bonchev–Trinajstić information content (AvgIpc) is 3.15. The van der Waals surface area contributed by atoms with Crippen LogP contribution in [0.5, 0.6) is 0 Å². The summed E-state index contributed by atoms with van der Waals surface area (Å²) in [5.41, 5.74) is 2.50.